The molecule has 7 rings (SSSR count). The monoisotopic (exact) mass is 731 g/mol. The Hall–Kier alpha value is -4.66. The fraction of sp³-hybridized carbons (Fsp3) is 0.314. The number of nitrogens with zero attached hydrogens (tertiary/aromatic N) is 1. The molecule has 0 aliphatic rings. The number of fused-ring (bicyclic) bond motifs is 4. The molecule has 0 aliphatic carbocycles. The number of hydrogen-bond acceptors (Lipinski definition) is 1. The highest BCUT2D eigenvalue weighted by molar-refractivity contribution is 6.32. The van der Waals surface area contributed by atoms with E-state index < -0.39 is 0 Å². The second-order valence-corrected chi connectivity index (χ2v) is 19.7. The Balaban J connectivity index is 1.77. The maximum atomic E-state index is 15.3. The van der Waals surface area contributed by atoms with E-state index in [1.54, 1.807) is 0 Å². The first-order chi connectivity index (χ1) is 25.1. The summed E-state index contributed by atoms with van der Waals surface area (Å²) in [6.45, 7) is 27.0. The zero-order valence-electron chi connectivity index (χ0n) is 34.1. The zero-order chi connectivity index (χ0) is 39.1. The van der Waals surface area contributed by atoms with E-state index in [9.17, 15) is 0 Å². The lowest BCUT2D eigenvalue weighted by molar-refractivity contribution is 0.590. The number of benzene rings is 5. The van der Waals surface area contributed by atoms with Gasteiger partial charge in [0.1, 0.15) is 0 Å². The highest BCUT2D eigenvalue weighted by Gasteiger charge is 2.27. The second kappa shape index (κ2) is 13.0. The van der Waals surface area contributed by atoms with Gasteiger partial charge in [-0.25, -0.2) is 0 Å². The topological polar surface area (TPSA) is 21.5 Å². The van der Waals surface area contributed by atoms with Crippen LogP contribution in [-0.2, 0) is 21.7 Å². The molecule has 0 bridgehead atoms. The summed E-state index contributed by atoms with van der Waals surface area (Å²) in [5.41, 5.74) is 11.8. The first kappa shape index (κ1) is 37.6. The summed E-state index contributed by atoms with van der Waals surface area (Å²) < 4.78 is 2.02. The van der Waals surface area contributed by atoms with Crippen molar-refractivity contribution in [1.82, 2.24) is 4.40 Å². The van der Waals surface area contributed by atoms with Crippen LogP contribution in [0.5, 0.6) is 0 Å². The molecule has 7 aromatic rings. The molecule has 5 aromatic carbocycles. The molecular weight excluding hydrogens is 678 g/mol. The number of pyridine rings is 2. The molecule has 0 amide bonds. The Morgan fingerprint density at radius 1 is 0.407 bits per heavy atom. The van der Waals surface area contributed by atoms with E-state index in [1.807, 2.05) is 22.6 Å². The smallest absolute Gasteiger partial charge is 0.263 e. The molecule has 0 N–H and O–H groups in total. The Labute approximate surface area is 326 Å². The lowest BCUT2D eigenvalue weighted by Gasteiger charge is -2.26. The van der Waals surface area contributed by atoms with Crippen LogP contribution in [0, 0.1) is 0 Å². The van der Waals surface area contributed by atoms with Crippen molar-refractivity contribution in [3.05, 3.63) is 147 Å². The van der Waals surface area contributed by atoms with Crippen molar-refractivity contribution in [2.24, 2.45) is 0 Å². The Morgan fingerprint density at radius 2 is 0.796 bits per heavy atom. The summed E-state index contributed by atoms with van der Waals surface area (Å²) in [5.74, 6) is 0. The van der Waals surface area contributed by atoms with Crippen LogP contribution in [0.15, 0.2) is 114 Å². The van der Waals surface area contributed by atoms with E-state index in [0.29, 0.717) is 10.4 Å². The van der Waals surface area contributed by atoms with Crippen LogP contribution in [0.1, 0.15) is 105 Å². The van der Waals surface area contributed by atoms with Gasteiger partial charge in [-0.15, -0.1) is 0 Å². The summed E-state index contributed by atoms with van der Waals surface area (Å²) in [6, 6.07) is 39.3. The third-order valence-electron chi connectivity index (χ3n) is 11.1. The minimum Gasteiger partial charge on any atom is -0.274 e. The number of rotatable bonds is 3. The van der Waals surface area contributed by atoms with Crippen LogP contribution in [0.2, 0.25) is 5.02 Å². The van der Waals surface area contributed by atoms with E-state index in [0.717, 1.165) is 55.2 Å². The van der Waals surface area contributed by atoms with Crippen LogP contribution in [0.25, 0.3) is 60.6 Å². The fourth-order valence-corrected chi connectivity index (χ4v) is 7.93. The second-order valence-electron chi connectivity index (χ2n) is 19.3. The quantitative estimate of drug-likeness (QED) is 0.131. The Bertz CT molecular complexity index is 2610. The van der Waals surface area contributed by atoms with Gasteiger partial charge in [0.2, 0.25) is 0 Å². The van der Waals surface area contributed by atoms with Gasteiger partial charge in [-0.3, -0.25) is 9.20 Å². The Kier molecular flexibility index (Phi) is 9.05. The molecule has 0 saturated carbocycles. The minimum absolute atomic E-state index is 0.000515. The largest absolute Gasteiger partial charge is 0.274 e. The molecule has 276 valence electrons. The minimum atomic E-state index is -0.0929. The van der Waals surface area contributed by atoms with Crippen molar-refractivity contribution in [2.75, 3.05) is 0 Å². The molecule has 0 saturated heterocycles. The van der Waals surface area contributed by atoms with E-state index in [1.165, 1.54) is 22.3 Å². The van der Waals surface area contributed by atoms with E-state index >= 15 is 4.79 Å². The maximum absolute atomic E-state index is 15.3. The van der Waals surface area contributed by atoms with Crippen molar-refractivity contribution in [2.45, 2.75) is 105 Å². The van der Waals surface area contributed by atoms with E-state index in [2.05, 4.69) is 174 Å². The maximum Gasteiger partial charge on any atom is 0.263 e. The third kappa shape index (κ3) is 6.68. The number of hydrogen-bond donors (Lipinski definition) is 0. The first-order valence-corrected chi connectivity index (χ1v) is 19.6. The average molecular weight is 732 g/mol. The van der Waals surface area contributed by atoms with Crippen molar-refractivity contribution < 1.29 is 0 Å². The zero-order valence-corrected chi connectivity index (χ0v) is 34.9. The summed E-state index contributed by atoms with van der Waals surface area (Å²) >= 11 is 6.78. The third-order valence-corrected chi connectivity index (χ3v) is 11.4. The molecule has 2 heterocycles. The standard InChI is InChI=1S/C51H54ClNO/c1-48(2,3)34-19-13-31(14-20-34)43-41-29-37(51(10,11)12)25-27-39(41)46-44(32-15-21-35(22-16-32)49(4,5)6)42-30-38(52)26-28-40(42)47(54)53(46)45(43)33-17-23-36(24-18-33)50(7,8)9/h13-30H,1-12H3. The van der Waals surface area contributed by atoms with Gasteiger partial charge in [0.05, 0.1) is 11.2 Å². The predicted molar refractivity (Wildman–Crippen MR) is 235 cm³/mol. The van der Waals surface area contributed by atoms with Crippen LogP contribution in [0.4, 0.5) is 0 Å². The predicted octanol–water partition coefficient (Wildman–Crippen LogP) is 14.5. The SMILES string of the molecule is CC(C)(C)c1ccc(-c2c(-c3ccc(C(C)(C)C)cc3)n3c(=O)c4ccc(Cl)cc4c(-c4ccc(C(C)(C)C)cc4)c3c3ccc(C(C)(C)C)cc23)cc1. The van der Waals surface area contributed by atoms with Gasteiger partial charge in [-0.2, -0.15) is 0 Å². The van der Waals surface area contributed by atoms with Crippen LogP contribution in [0.3, 0.4) is 0 Å². The highest BCUT2D eigenvalue weighted by atomic mass is 35.5. The van der Waals surface area contributed by atoms with Crippen LogP contribution < -0.4 is 5.56 Å². The van der Waals surface area contributed by atoms with Gasteiger partial charge in [0, 0.05) is 26.9 Å². The van der Waals surface area contributed by atoms with Crippen molar-refractivity contribution in [1.29, 1.82) is 0 Å². The highest BCUT2D eigenvalue weighted by Crippen LogP contribution is 2.46. The van der Waals surface area contributed by atoms with Gasteiger partial charge in [-0.1, -0.05) is 180 Å². The molecule has 0 atom stereocenters. The molecule has 2 nitrogen and oxygen atoms in total. The summed E-state index contributed by atoms with van der Waals surface area (Å²) in [5, 5.41) is 4.25. The van der Waals surface area contributed by atoms with Gasteiger partial charge in [0.25, 0.3) is 5.56 Å². The van der Waals surface area contributed by atoms with Crippen LogP contribution >= 0.6 is 11.6 Å². The van der Waals surface area contributed by atoms with Gasteiger partial charge in [-0.05, 0) is 95.6 Å². The molecule has 0 spiro atoms. The molecule has 54 heavy (non-hydrogen) atoms. The lowest BCUT2D eigenvalue weighted by Crippen LogP contribution is -2.19. The van der Waals surface area contributed by atoms with Crippen molar-refractivity contribution in [3.8, 4) is 33.5 Å². The average Bonchev–Trinajstić information content (AvgIpc) is 3.09. The summed E-state index contributed by atoms with van der Waals surface area (Å²) in [6.07, 6.45) is 0. The summed E-state index contributed by atoms with van der Waals surface area (Å²) in [7, 11) is 0. The van der Waals surface area contributed by atoms with Crippen molar-refractivity contribution in [3.63, 3.8) is 0 Å². The molecule has 0 fully saturated rings. The van der Waals surface area contributed by atoms with Gasteiger partial charge < -0.3 is 0 Å². The lowest BCUT2D eigenvalue weighted by atomic mass is 9.82. The molecular formula is C51H54ClNO. The number of aromatic nitrogens is 1. The first-order valence-electron chi connectivity index (χ1n) is 19.3. The Morgan fingerprint density at radius 3 is 1.26 bits per heavy atom. The van der Waals surface area contributed by atoms with E-state index in [-0.39, 0.29) is 27.2 Å². The molecule has 3 heteroatoms. The normalized spacial score (nSPS) is 13.0. The molecule has 0 radical (unpaired) electrons. The van der Waals surface area contributed by atoms with Gasteiger partial charge in [0.15, 0.2) is 0 Å². The van der Waals surface area contributed by atoms with Gasteiger partial charge >= 0.3 is 0 Å². The summed E-state index contributed by atoms with van der Waals surface area (Å²) in [4.78, 5) is 15.3. The number of halogens is 1. The molecule has 0 aliphatic heterocycles. The molecule has 0 unspecified atom stereocenters. The molecule has 2 aromatic heterocycles. The van der Waals surface area contributed by atoms with E-state index in [4.69, 9.17) is 11.6 Å². The fourth-order valence-electron chi connectivity index (χ4n) is 7.76. The van der Waals surface area contributed by atoms with Crippen LogP contribution in [-0.4, -0.2) is 4.40 Å². The van der Waals surface area contributed by atoms with Crippen molar-refractivity contribution >= 4 is 38.7 Å².